The fourth-order valence-electron chi connectivity index (χ4n) is 3.22. The van der Waals surface area contributed by atoms with Crippen LogP contribution in [0.5, 0.6) is 11.6 Å². The number of nitrogens with zero attached hydrogens (tertiary/aromatic N) is 3. The number of hydrogen-bond donors (Lipinski definition) is 2. The fraction of sp³-hybridized carbons (Fsp3) is 0. The third-order valence-corrected chi connectivity index (χ3v) is 5.20. The van der Waals surface area contributed by atoms with Crippen LogP contribution < -0.4 is 16.2 Å². The van der Waals surface area contributed by atoms with E-state index < -0.39 is 11.6 Å². The number of anilines is 1. The van der Waals surface area contributed by atoms with Crippen molar-refractivity contribution in [1.82, 2.24) is 19.1 Å². The zero-order valence-electron chi connectivity index (χ0n) is 16.1. The predicted octanol–water partition coefficient (Wildman–Crippen LogP) is 4.94. The lowest BCUT2D eigenvalue weighted by Crippen LogP contribution is -1.95. The van der Waals surface area contributed by atoms with Crippen LogP contribution in [0.1, 0.15) is 0 Å². The highest BCUT2D eigenvalue weighted by molar-refractivity contribution is 7.93. The van der Waals surface area contributed by atoms with Crippen molar-refractivity contribution in [3.8, 4) is 34.3 Å². The maximum absolute atomic E-state index is 14.8. The molecular weight excluding hydrogens is 440 g/mol. The Morgan fingerprint density at radius 3 is 2.62 bits per heavy atom. The minimum absolute atomic E-state index is 0.0969. The molecule has 3 N–H and O–H groups in total. The van der Waals surface area contributed by atoms with Gasteiger partial charge in [-0.05, 0) is 24.3 Å². The molecule has 0 saturated heterocycles. The van der Waals surface area contributed by atoms with Crippen molar-refractivity contribution in [2.45, 2.75) is 0 Å². The van der Waals surface area contributed by atoms with Crippen molar-refractivity contribution in [2.75, 3.05) is 5.73 Å². The summed E-state index contributed by atoms with van der Waals surface area (Å²) in [5.74, 6) is -0.648. The van der Waals surface area contributed by atoms with Crippen molar-refractivity contribution in [1.29, 1.82) is 0 Å². The number of nitrogen functional groups attached to an aromatic ring is 1. The molecule has 0 saturated carbocycles. The second-order valence-electron chi connectivity index (χ2n) is 6.76. The molecule has 3 aromatic heterocycles. The molecule has 0 atom stereocenters. The molecule has 0 spiro atoms. The number of nitrogens with one attached hydrogen (secondary N) is 1. The van der Waals surface area contributed by atoms with Gasteiger partial charge in [0.25, 0.3) is 0 Å². The summed E-state index contributed by atoms with van der Waals surface area (Å²) in [7, 11) is 0. The maximum atomic E-state index is 14.8. The lowest BCUT2D eigenvalue weighted by Gasteiger charge is -2.08. The lowest BCUT2D eigenvalue weighted by molar-refractivity contribution is 0.388. The van der Waals surface area contributed by atoms with E-state index in [0.717, 1.165) is 3.97 Å². The van der Waals surface area contributed by atoms with Gasteiger partial charge in [-0.25, -0.2) is 18.1 Å². The van der Waals surface area contributed by atoms with E-state index >= 15 is 0 Å². The van der Waals surface area contributed by atoms with E-state index in [1.54, 1.807) is 48.5 Å². The van der Waals surface area contributed by atoms with E-state index in [1.807, 2.05) is 0 Å². The first-order valence-electron chi connectivity index (χ1n) is 9.23. The molecule has 0 aliphatic carbocycles. The van der Waals surface area contributed by atoms with Crippen molar-refractivity contribution < 1.29 is 17.5 Å². The molecule has 11 heteroatoms. The number of halogens is 2. The first kappa shape index (κ1) is 19.8. The number of fused-ring (bicyclic) bond motifs is 1. The van der Waals surface area contributed by atoms with Crippen molar-refractivity contribution in [3.63, 3.8) is 0 Å². The van der Waals surface area contributed by atoms with Gasteiger partial charge in [-0.1, -0.05) is 29.4 Å². The Balaban J connectivity index is 1.54. The van der Waals surface area contributed by atoms with Crippen LogP contribution in [0, 0.1) is 5.82 Å². The van der Waals surface area contributed by atoms with Crippen molar-refractivity contribution >= 4 is 29.1 Å². The largest absolute Gasteiger partial charge is 0.440 e. The average molecular weight is 453 g/mol. The summed E-state index contributed by atoms with van der Waals surface area (Å²) in [6.45, 7) is 0. The summed E-state index contributed by atoms with van der Waals surface area (Å²) in [5.41, 5.74) is 7.97. The van der Waals surface area contributed by atoms with Crippen LogP contribution in [0.25, 0.3) is 33.7 Å². The normalized spacial score (nSPS) is 11.2. The van der Waals surface area contributed by atoms with Gasteiger partial charge < -0.3 is 10.5 Å². The van der Waals surface area contributed by atoms with E-state index in [2.05, 4.69) is 19.6 Å². The maximum Gasteiger partial charge on any atom is 0.439 e. The molecular formula is C21H13F2N5O3S. The zero-order chi connectivity index (χ0) is 22.2. The molecule has 0 radical (unpaired) electrons. The van der Waals surface area contributed by atoms with Gasteiger partial charge in [-0.15, -0.1) is 3.89 Å². The monoisotopic (exact) mass is 453 g/mol. The van der Waals surface area contributed by atoms with Gasteiger partial charge in [0.2, 0.25) is 5.88 Å². The van der Waals surface area contributed by atoms with Crippen LogP contribution in [0.4, 0.5) is 14.0 Å². The summed E-state index contributed by atoms with van der Waals surface area (Å²) in [5, 5.41) is 3.63. The second kappa shape index (κ2) is 7.85. The van der Waals surface area contributed by atoms with Gasteiger partial charge in [-0.2, -0.15) is 0 Å². The molecule has 2 aromatic carbocycles. The molecule has 0 aliphatic heterocycles. The Morgan fingerprint density at radius 2 is 1.91 bits per heavy atom. The summed E-state index contributed by atoms with van der Waals surface area (Å²) in [6.07, 6.45) is 0. The number of ether oxygens (including phenoxy) is 1. The third kappa shape index (κ3) is 3.58. The summed E-state index contributed by atoms with van der Waals surface area (Å²) in [6, 6.07) is 15.9. The Kier molecular flexibility index (Phi) is 4.86. The Hall–Kier alpha value is -4.12. The standard InChI is InChI=1S/C21H13F2N5O3S/c22-15-9-17-16(25-19(15)11-4-6-13(24)7-5-11)10-18(28(17)32-23)30-14-3-1-2-12(8-14)20-26-21(29)31-27-20/h1-10H,24H2,(H,26,27,29). The Morgan fingerprint density at radius 1 is 1.09 bits per heavy atom. The quantitative estimate of drug-likeness (QED) is 0.363. The molecule has 3 heterocycles. The summed E-state index contributed by atoms with van der Waals surface area (Å²) < 4.78 is 40.0. The first-order valence-corrected chi connectivity index (χ1v) is 9.90. The molecule has 160 valence electrons. The highest BCUT2D eigenvalue weighted by atomic mass is 32.2. The van der Waals surface area contributed by atoms with Crippen molar-refractivity contribution in [3.05, 3.63) is 77.0 Å². The van der Waals surface area contributed by atoms with Gasteiger partial charge in [0, 0.05) is 28.9 Å². The topological polar surface area (TPSA) is 112 Å². The van der Waals surface area contributed by atoms with Crippen LogP contribution in [-0.2, 0) is 0 Å². The van der Waals surface area contributed by atoms with Gasteiger partial charge in [0.15, 0.2) is 24.0 Å². The molecule has 0 aliphatic rings. The number of benzene rings is 2. The second-order valence-corrected chi connectivity index (χ2v) is 7.27. The molecule has 0 amide bonds. The average Bonchev–Trinajstić information content (AvgIpc) is 3.37. The van der Waals surface area contributed by atoms with E-state index in [9.17, 15) is 13.1 Å². The van der Waals surface area contributed by atoms with Crippen LogP contribution in [-0.4, -0.2) is 19.1 Å². The number of aromatic nitrogens is 4. The van der Waals surface area contributed by atoms with Crippen molar-refractivity contribution in [2.24, 2.45) is 0 Å². The SMILES string of the molecule is Nc1ccc(-c2nc3cc(Oc4cccc(-c5noc(=O)[nH]5)c4)n(SF)c3cc2F)cc1. The van der Waals surface area contributed by atoms with Crippen LogP contribution >= 0.6 is 12.3 Å². The van der Waals surface area contributed by atoms with E-state index in [0.29, 0.717) is 28.1 Å². The van der Waals surface area contributed by atoms with Gasteiger partial charge in [0.1, 0.15) is 11.4 Å². The summed E-state index contributed by atoms with van der Waals surface area (Å²) in [4.78, 5) is 18.0. The fourth-order valence-corrected chi connectivity index (χ4v) is 3.60. The smallest absolute Gasteiger partial charge is 0.439 e. The van der Waals surface area contributed by atoms with Gasteiger partial charge in [-0.3, -0.25) is 9.51 Å². The molecule has 5 rings (SSSR count). The zero-order valence-corrected chi connectivity index (χ0v) is 16.9. The molecule has 32 heavy (non-hydrogen) atoms. The summed E-state index contributed by atoms with van der Waals surface area (Å²) >= 11 is -0.139. The highest BCUT2D eigenvalue weighted by Gasteiger charge is 2.18. The van der Waals surface area contributed by atoms with Gasteiger partial charge >= 0.3 is 5.76 Å². The van der Waals surface area contributed by atoms with Crippen LogP contribution in [0.15, 0.2) is 70.0 Å². The lowest BCUT2D eigenvalue weighted by atomic mass is 10.1. The predicted molar refractivity (Wildman–Crippen MR) is 116 cm³/mol. The minimum atomic E-state index is -0.690. The molecule has 8 nitrogen and oxygen atoms in total. The Labute approximate surface area is 183 Å². The molecule has 5 aromatic rings. The Bertz CT molecular complexity index is 1490. The highest BCUT2D eigenvalue weighted by Crippen LogP contribution is 2.36. The van der Waals surface area contributed by atoms with Gasteiger partial charge in [0.05, 0.1) is 11.0 Å². The van der Waals surface area contributed by atoms with Crippen LogP contribution in [0.2, 0.25) is 0 Å². The molecule has 0 bridgehead atoms. The number of H-pyrrole nitrogens is 1. The van der Waals surface area contributed by atoms with E-state index in [4.69, 9.17) is 10.5 Å². The third-order valence-electron chi connectivity index (χ3n) is 4.69. The van der Waals surface area contributed by atoms with E-state index in [1.165, 1.54) is 12.1 Å². The molecule has 0 fully saturated rings. The minimum Gasteiger partial charge on any atom is -0.440 e. The van der Waals surface area contributed by atoms with E-state index in [-0.39, 0.29) is 35.2 Å². The number of hydrogen-bond acceptors (Lipinski definition) is 7. The molecule has 0 unspecified atom stereocenters. The number of aromatic amines is 1. The number of nitrogens with two attached hydrogens (primary N) is 1. The number of rotatable bonds is 5. The first-order chi connectivity index (χ1) is 15.5. The van der Waals surface area contributed by atoms with Crippen LogP contribution in [0.3, 0.4) is 0 Å². The number of pyridine rings is 1.